The van der Waals surface area contributed by atoms with E-state index in [1.807, 2.05) is 48.5 Å². The van der Waals surface area contributed by atoms with E-state index < -0.39 is 6.03 Å². The van der Waals surface area contributed by atoms with Crippen molar-refractivity contribution in [2.24, 2.45) is 0 Å². The van der Waals surface area contributed by atoms with Gasteiger partial charge in [0.05, 0.1) is 11.4 Å². The van der Waals surface area contributed by atoms with Gasteiger partial charge in [0.2, 0.25) is 0 Å². The van der Waals surface area contributed by atoms with E-state index in [0.29, 0.717) is 0 Å². The maximum atomic E-state index is 11.8. The number of hydrogen-bond donors (Lipinski definition) is 2. The summed E-state index contributed by atoms with van der Waals surface area (Å²) in [5.74, 6) is 0. The van der Waals surface area contributed by atoms with E-state index in [4.69, 9.17) is 5.21 Å². The van der Waals surface area contributed by atoms with Gasteiger partial charge in [0.15, 0.2) is 0 Å². The molecule has 0 radical (unpaired) electrons. The molecule has 0 atom stereocenters. The van der Waals surface area contributed by atoms with Crippen molar-refractivity contribution in [1.29, 1.82) is 0 Å². The molecule has 3 rings (SSSR count). The Morgan fingerprint density at radius 1 is 1.00 bits per heavy atom. The van der Waals surface area contributed by atoms with E-state index in [1.165, 1.54) is 4.90 Å². The summed E-state index contributed by atoms with van der Waals surface area (Å²) in [7, 11) is 0. The van der Waals surface area contributed by atoms with Gasteiger partial charge in [-0.2, -0.15) is 0 Å². The highest BCUT2D eigenvalue weighted by atomic mass is 32.2. The van der Waals surface area contributed by atoms with Gasteiger partial charge in [0, 0.05) is 9.79 Å². The zero-order chi connectivity index (χ0) is 12.5. The normalized spacial score (nSPS) is 12.6. The molecule has 2 amide bonds. The van der Waals surface area contributed by atoms with Crippen molar-refractivity contribution in [3.8, 4) is 0 Å². The first-order valence-corrected chi connectivity index (χ1v) is 6.23. The number of rotatable bonds is 0. The molecule has 1 aliphatic rings. The molecule has 0 spiro atoms. The zero-order valence-electron chi connectivity index (χ0n) is 9.33. The summed E-state index contributed by atoms with van der Waals surface area (Å²) < 4.78 is 0. The fourth-order valence-corrected chi connectivity index (χ4v) is 3.03. The number of fused-ring (bicyclic) bond motifs is 2. The molecule has 2 N–H and O–H groups in total. The lowest BCUT2D eigenvalue weighted by molar-refractivity contribution is 0.168. The van der Waals surface area contributed by atoms with Gasteiger partial charge in [-0.05, 0) is 24.3 Å². The summed E-state index contributed by atoms with van der Waals surface area (Å²) >= 11 is 1.61. The molecule has 0 fully saturated rings. The third kappa shape index (κ3) is 1.64. The Kier molecular flexibility index (Phi) is 2.70. The van der Waals surface area contributed by atoms with Crippen molar-refractivity contribution in [3.63, 3.8) is 0 Å². The maximum absolute atomic E-state index is 11.8. The maximum Gasteiger partial charge on any atom is 0.350 e. The number of hydroxylamine groups is 1. The average Bonchev–Trinajstić information content (AvgIpc) is 2.44. The molecule has 1 aliphatic heterocycles. The predicted octanol–water partition coefficient (Wildman–Crippen LogP) is 3.39. The highest BCUT2D eigenvalue weighted by Crippen LogP contribution is 2.47. The van der Waals surface area contributed by atoms with Crippen LogP contribution in [0, 0.1) is 0 Å². The Balaban J connectivity index is 2.20. The summed E-state index contributed by atoms with van der Waals surface area (Å²) in [6.45, 7) is 0. The lowest BCUT2D eigenvalue weighted by Gasteiger charge is -2.30. The van der Waals surface area contributed by atoms with Crippen LogP contribution >= 0.6 is 11.8 Å². The van der Waals surface area contributed by atoms with Crippen LogP contribution in [0.4, 0.5) is 16.2 Å². The number of hydrogen-bond acceptors (Lipinski definition) is 3. The molecule has 2 aromatic carbocycles. The van der Waals surface area contributed by atoms with Crippen molar-refractivity contribution in [1.82, 2.24) is 5.48 Å². The summed E-state index contributed by atoms with van der Waals surface area (Å²) in [5, 5.41) is 8.89. The van der Waals surface area contributed by atoms with Crippen molar-refractivity contribution < 1.29 is 10.0 Å². The van der Waals surface area contributed by atoms with Crippen LogP contribution < -0.4 is 10.4 Å². The molecule has 0 aromatic heterocycles. The van der Waals surface area contributed by atoms with Crippen LogP contribution in [0.1, 0.15) is 0 Å². The molecule has 4 nitrogen and oxygen atoms in total. The lowest BCUT2D eigenvalue weighted by atomic mass is 10.2. The number of carbonyl (C=O) groups excluding carboxylic acids is 1. The monoisotopic (exact) mass is 258 g/mol. The lowest BCUT2D eigenvalue weighted by Crippen LogP contribution is -2.36. The van der Waals surface area contributed by atoms with Crippen LogP contribution in [0.25, 0.3) is 0 Å². The second-order valence-corrected chi connectivity index (χ2v) is 4.87. The fourth-order valence-electron chi connectivity index (χ4n) is 1.97. The molecule has 0 aliphatic carbocycles. The molecule has 0 bridgehead atoms. The number of nitrogens with one attached hydrogen (secondary N) is 1. The molecule has 90 valence electrons. The van der Waals surface area contributed by atoms with E-state index in [-0.39, 0.29) is 0 Å². The molecular formula is C13H10N2O2S. The molecule has 0 saturated heterocycles. The summed E-state index contributed by atoms with van der Waals surface area (Å²) in [5.41, 5.74) is 3.24. The number of benzene rings is 2. The molecule has 1 heterocycles. The van der Waals surface area contributed by atoms with Gasteiger partial charge < -0.3 is 0 Å². The van der Waals surface area contributed by atoms with E-state index in [1.54, 1.807) is 17.2 Å². The first kappa shape index (κ1) is 11.1. The summed E-state index contributed by atoms with van der Waals surface area (Å²) in [6, 6.07) is 14.6. The Morgan fingerprint density at radius 3 is 2.00 bits per heavy atom. The minimum Gasteiger partial charge on any atom is -0.287 e. The van der Waals surface area contributed by atoms with Crippen LogP contribution in [0.3, 0.4) is 0 Å². The minimum absolute atomic E-state index is 0.560. The molecule has 0 unspecified atom stereocenters. The Morgan fingerprint density at radius 2 is 1.50 bits per heavy atom. The summed E-state index contributed by atoms with van der Waals surface area (Å²) in [6.07, 6.45) is 0. The van der Waals surface area contributed by atoms with Gasteiger partial charge in [-0.15, -0.1) is 0 Å². The number of para-hydroxylation sites is 2. The Labute approximate surface area is 108 Å². The number of nitrogens with zero attached hydrogens (tertiary/aromatic N) is 1. The van der Waals surface area contributed by atoms with E-state index in [2.05, 4.69) is 0 Å². The van der Waals surface area contributed by atoms with E-state index in [9.17, 15) is 4.79 Å². The molecule has 0 saturated carbocycles. The number of amides is 2. The standard InChI is InChI=1S/C13H10N2O2S/c16-13(14-17)15-9-5-1-3-7-11(9)18-12-8-4-2-6-10(12)15/h1-8,17H,(H,14,16). The Hall–Kier alpha value is -1.98. The zero-order valence-corrected chi connectivity index (χ0v) is 10.1. The van der Waals surface area contributed by atoms with E-state index >= 15 is 0 Å². The third-order valence-corrected chi connectivity index (χ3v) is 3.86. The van der Waals surface area contributed by atoms with Gasteiger partial charge >= 0.3 is 6.03 Å². The minimum atomic E-state index is -0.560. The smallest absolute Gasteiger partial charge is 0.287 e. The van der Waals surface area contributed by atoms with Crippen molar-refractivity contribution in [3.05, 3.63) is 48.5 Å². The Bertz CT molecular complexity index is 570. The number of urea groups is 1. The van der Waals surface area contributed by atoms with Gasteiger partial charge in [0.1, 0.15) is 0 Å². The van der Waals surface area contributed by atoms with Crippen LogP contribution in [-0.4, -0.2) is 11.2 Å². The highest BCUT2D eigenvalue weighted by Gasteiger charge is 2.27. The third-order valence-electron chi connectivity index (χ3n) is 2.73. The van der Waals surface area contributed by atoms with E-state index in [0.717, 1.165) is 21.2 Å². The number of anilines is 2. The van der Waals surface area contributed by atoms with Gasteiger partial charge in [-0.3, -0.25) is 10.1 Å². The van der Waals surface area contributed by atoms with Gasteiger partial charge in [0.25, 0.3) is 0 Å². The predicted molar refractivity (Wildman–Crippen MR) is 69.5 cm³/mol. The first-order valence-electron chi connectivity index (χ1n) is 5.41. The first-order chi connectivity index (χ1) is 8.81. The van der Waals surface area contributed by atoms with Crippen molar-refractivity contribution in [2.45, 2.75) is 9.79 Å². The van der Waals surface area contributed by atoms with Gasteiger partial charge in [-0.1, -0.05) is 36.0 Å². The quantitative estimate of drug-likeness (QED) is 0.562. The van der Waals surface area contributed by atoms with Crippen LogP contribution in [0.15, 0.2) is 58.3 Å². The van der Waals surface area contributed by atoms with Crippen LogP contribution in [0.2, 0.25) is 0 Å². The second-order valence-electron chi connectivity index (χ2n) is 3.79. The van der Waals surface area contributed by atoms with Crippen molar-refractivity contribution >= 4 is 29.2 Å². The SMILES string of the molecule is O=C(NO)N1c2ccccc2Sc2ccccc21. The largest absolute Gasteiger partial charge is 0.350 e. The molecule has 18 heavy (non-hydrogen) atoms. The topological polar surface area (TPSA) is 52.6 Å². The van der Waals surface area contributed by atoms with Crippen molar-refractivity contribution in [2.75, 3.05) is 4.90 Å². The average molecular weight is 258 g/mol. The molecular weight excluding hydrogens is 248 g/mol. The van der Waals surface area contributed by atoms with Crippen LogP contribution in [-0.2, 0) is 0 Å². The second kappa shape index (κ2) is 4.36. The summed E-state index contributed by atoms with van der Waals surface area (Å²) in [4.78, 5) is 15.3. The molecule has 2 aromatic rings. The van der Waals surface area contributed by atoms with Gasteiger partial charge in [-0.25, -0.2) is 10.3 Å². The van der Waals surface area contributed by atoms with Crippen LogP contribution in [0.5, 0.6) is 0 Å². The number of carbonyl (C=O) groups is 1. The highest BCUT2D eigenvalue weighted by molar-refractivity contribution is 7.99. The fraction of sp³-hybridized carbons (Fsp3) is 0. The molecule has 5 heteroatoms.